The molecule has 1 N–H and O–H groups in total. The molecule has 0 atom stereocenters. The highest BCUT2D eigenvalue weighted by Crippen LogP contribution is 2.31. The molecule has 4 aromatic heterocycles. The van der Waals surface area contributed by atoms with Gasteiger partial charge in [0.25, 0.3) is 11.5 Å². The number of aryl methyl sites for hydroxylation is 2. The monoisotopic (exact) mass is 561 g/mol. The van der Waals surface area contributed by atoms with Crippen LogP contribution in [0.2, 0.25) is 0 Å². The Kier molecular flexibility index (Phi) is 7.10. The number of anilines is 1. The lowest BCUT2D eigenvalue weighted by Crippen LogP contribution is -2.44. The molecule has 10 nitrogen and oxygen atoms in total. The number of nitrogens with one attached hydrogen (secondary N) is 1. The summed E-state index contributed by atoms with van der Waals surface area (Å²) in [6, 6.07) is 3.08. The predicted octanol–water partition coefficient (Wildman–Crippen LogP) is 4.06. The number of aromatic nitrogens is 6. The van der Waals surface area contributed by atoms with Crippen molar-refractivity contribution in [3.05, 3.63) is 62.7 Å². The van der Waals surface area contributed by atoms with E-state index in [-0.39, 0.29) is 40.8 Å². The molecule has 4 aromatic rings. The van der Waals surface area contributed by atoms with E-state index in [0.29, 0.717) is 24.7 Å². The third-order valence-electron chi connectivity index (χ3n) is 7.10. The Bertz CT molecular complexity index is 1680. The maximum absolute atomic E-state index is 13.5. The topological polar surface area (TPSA) is 111 Å². The summed E-state index contributed by atoms with van der Waals surface area (Å²) in [5.41, 5.74) is -1.03. The van der Waals surface area contributed by atoms with Crippen LogP contribution in [0.1, 0.15) is 54.7 Å². The van der Waals surface area contributed by atoms with Gasteiger partial charge in [0.1, 0.15) is 17.9 Å². The second-order valence-corrected chi connectivity index (χ2v) is 9.75. The quantitative estimate of drug-likeness (QED) is 0.326. The van der Waals surface area contributed by atoms with Crippen LogP contribution in [0.15, 0.2) is 40.2 Å². The molecule has 5 rings (SSSR count). The summed E-state index contributed by atoms with van der Waals surface area (Å²) in [6.45, 7) is 1.02. The number of carbonyl (C=O) groups is 1. The number of alkyl halides is 4. The van der Waals surface area contributed by atoms with Crippen LogP contribution >= 0.6 is 0 Å². The summed E-state index contributed by atoms with van der Waals surface area (Å²) >= 11 is 0. The minimum atomic E-state index is -4.66. The summed E-state index contributed by atoms with van der Waals surface area (Å²) in [6.07, 6.45) is 0.778. The fourth-order valence-corrected chi connectivity index (χ4v) is 4.86. The van der Waals surface area contributed by atoms with E-state index in [2.05, 4.69) is 15.0 Å². The van der Waals surface area contributed by atoms with Gasteiger partial charge < -0.3 is 14.5 Å². The largest absolute Gasteiger partial charge is 0.433 e. The number of H-pyrrole nitrogens is 1. The van der Waals surface area contributed by atoms with Crippen molar-refractivity contribution in [2.75, 3.05) is 18.1 Å². The number of hydrogen-bond acceptors (Lipinski definition) is 5. The molecule has 0 radical (unpaired) electrons. The standard InChI is InChI=1S/C26H27F4N7O3/c1-3-10-36-22-20(24(39)37(25(36)40)16-5-4-6-16)32-21(33-22)18-12-17(14-34(18)2)35(11-9-27)23(38)15-7-8-19(31-13-15)26(28,29)30/h7-8,12-14,16H,3-6,9-11H2,1-2H3,(H,32,33). The molecule has 40 heavy (non-hydrogen) atoms. The van der Waals surface area contributed by atoms with Crippen molar-refractivity contribution in [3.8, 4) is 11.5 Å². The van der Waals surface area contributed by atoms with Crippen molar-refractivity contribution in [3.63, 3.8) is 0 Å². The van der Waals surface area contributed by atoms with Gasteiger partial charge in [0, 0.05) is 32.0 Å². The molecule has 212 valence electrons. The van der Waals surface area contributed by atoms with Crippen LogP contribution in [-0.4, -0.2) is 47.8 Å². The lowest BCUT2D eigenvalue weighted by Gasteiger charge is -2.27. The van der Waals surface area contributed by atoms with Gasteiger partial charge in [-0.05, 0) is 43.9 Å². The summed E-state index contributed by atoms with van der Waals surface area (Å²) < 4.78 is 56.5. The third-order valence-corrected chi connectivity index (χ3v) is 7.10. The molecule has 0 unspecified atom stereocenters. The van der Waals surface area contributed by atoms with Gasteiger partial charge in [-0.25, -0.2) is 14.2 Å². The fraction of sp³-hybridized carbons (Fsp3) is 0.423. The van der Waals surface area contributed by atoms with Gasteiger partial charge in [-0.2, -0.15) is 13.2 Å². The zero-order valence-electron chi connectivity index (χ0n) is 21.8. The van der Waals surface area contributed by atoms with Crippen molar-refractivity contribution in [2.24, 2.45) is 7.05 Å². The minimum Gasteiger partial charge on any atom is -0.346 e. The number of rotatable bonds is 8. The number of amides is 1. The van der Waals surface area contributed by atoms with Crippen molar-refractivity contribution in [1.29, 1.82) is 0 Å². The van der Waals surface area contributed by atoms with Gasteiger partial charge in [0.15, 0.2) is 11.5 Å². The van der Waals surface area contributed by atoms with E-state index in [4.69, 9.17) is 0 Å². The molecule has 1 saturated carbocycles. The Balaban J connectivity index is 1.55. The SMILES string of the molecule is CCCn1c(=O)n(C2CCC2)c(=O)c2[nH]c(-c3cc(N(CCF)C(=O)c4ccc(C(F)(F)F)nc4)cn3C)nc21. The first-order valence-corrected chi connectivity index (χ1v) is 12.9. The molecule has 0 saturated heterocycles. The van der Waals surface area contributed by atoms with E-state index >= 15 is 0 Å². The molecule has 1 fully saturated rings. The van der Waals surface area contributed by atoms with E-state index < -0.39 is 35.7 Å². The molecular weight excluding hydrogens is 534 g/mol. The fourth-order valence-electron chi connectivity index (χ4n) is 4.86. The van der Waals surface area contributed by atoms with Crippen LogP contribution < -0.4 is 16.1 Å². The summed E-state index contributed by atoms with van der Waals surface area (Å²) in [5, 5.41) is 0. The lowest BCUT2D eigenvalue weighted by molar-refractivity contribution is -0.141. The first-order chi connectivity index (χ1) is 19.0. The number of fused-ring (bicyclic) bond motifs is 1. The number of imidazole rings is 1. The van der Waals surface area contributed by atoms with Crippen molar-refractivity contribution < 1.29 is 22.4 Å². The lowest BCUT2D eigenvalue weighted by atomic mass is 9.93. The molecule has 4 heterocycles. The van der Waals surface area contributed by atoms with Crippen molar-refractivity contribution in [2.45, 2.75) is 51.4 Å². The van der Waals surface area contributed by atoms with Crippen molar-refractivity contribution >= 4 is 22.8 Å². The van der Waals surface area contributed by atoms with E-state index in [9.17, 15) is 31.9 Å². The van der Waals surface area contributed by atoms with Gasteiger partial charge in [-0.1, -0.05) is 6.92 Å². The van der Waals surface area contributed by atoms with Gasteiger partial charge in [-0.3, -0.25) is 23.7 Å². The first kappa shape index (κ1) is 27.3. The summed E-state index contributed by atoms with van der Waals surface area (Å²) in [4.78, 5) is 51.7. The van der Waals surface area contributed by atoms with Crippen LogP contribution in [0.5, 0.6) is 0 Å². The van der Waals surface area contributed by atoms with E-state index in [1.807, 2.05) is 6.92 Å². The minimum absolute atomic E-state index is 0.143. The number of nitrogens with zero attached hydrogens (tertiary/aromatic N) is 6. The molecule has 1 amide bonds. The van der Waals surface area contributed by atoms with E-state index in [1.54, 1.807) is 23.9 Å². The summed E-state index contributed by atoms with van der Waals surface area (Å²) in [5.74, 6) is -0.471. The highest BCUT2D eigenvalue weighted by atomic mass is 19.4. The highest BCUT2D eigenvalue weighted by Gasteiger charge is 2.33. The molecule has 0 aromatic carbocycles. The predicted molar refractivity (Wildman–Crippen MR) is 139 cm³/mol. The molecule has 14 heteroatoms. The van der Waals surface area contributed by atoms with Crippen LogP contribution in [0.4, 0.5) is 23.2 Å². The number of halogens is 4. The van der Waals surface area contributed by atoms with Crippen LogP contribution in [-0.2, 0) is 19.8 Å². The van der Waals surface area contributed by atoms with Gasteiger partial charge in [0.05, 0.1) is 23.5 Å². The zero-order valence-corrected chi connectivity index (χ0v) is 21.8. The van der Waals surface area contributed by atoms with Gasteiger partial charge in [0.2, 0.25) is 0 Å². The number of aromatic amines is 1. The molecule has 0 aliphatic heterocycles. The maximum atomic E-state index is 13.5. The third kappa shape index (κ3) is 4.71. The van der Waals surface area contributed by atoms with Crippen LogP contribution in [0, 0.1) is 0 Å². The molecular formula is C26H27F4N7O3. The molecule has 1 aliphatic carbocycles. The highest BCUT2D eigenvalue weighted by molar-refractivity contribution is 6.06. The average molecular weight is 562 g/mol. The van der Waals surface area contributed by atoms with E-state index in [1.165, 1.54) is 9.13 Å². The molecule has 0 bridgehead atoms. The smallest absolute Gasteiger partial charge is 0.346 e. The average Bonchev–Trinajstić information content (AvgIpc) is 3.49. The Morgan fingerprint density at radius 1 is 1.23 bits per heavy atom. The van der Waals surface area contributed by atoms with Gasteiger partial charge in [-0.15, -0.1) is 0 Å². The van der Waals surface area contributed by atoms with E-state index in [0.717, 1.165) is 36.4 Å². The Morgan fingerprint density at radius 3 is 2.55 bits per heavy atom. The first-order valence-electron chi connectivity index (χ1n) is 12.9. The second kappa shape index (κ2) is 10.4. The number of pyridine rings is 1. The Morgan fingerprint density at radius 2 is 1.98 bits per heavy atom. The Hall–Kier alpha value is -4.23. The molecule has 1 aliphatic rings. The Labute approximate surface area is 224 Å². The molecule has 0 spiro atoms. The summed E-state index contributed by atoms with van der Waals surface area (Å²) in [7, 11) is 1.66. The second-order valence-electron chi connectivity index (χ2n) is 9.75. The zero-order chi connectivity index (χ0) is 28.8. The number of carbonyl (C=O) groups excluding carboxylic acids is 1. The maximum Gasteiger partial charge on any atom is 0.433 e. The van der Waals surface area contributed by atoms with Crippen molar-refractivity contribution in [1.82, 2.24) is 28.7 Å². The van der Waals surface area contributed by atoms with Gasteiger partial charge >= 0.3 is 11.9 Å². The van der Waals surface area contributed by atoms with Crippen LogP contribution in [0.25, 0.3) is 22.7 Å². The normalized spacial score (nSPS) is 14.1. The number of hydrogen-bond donors (Lipinski definition) is 1. The van der Waals surface area contributed by atoms with Crippen LogP contribution in [0.3, 0.4) is 0 Å².